The fraction of sp³-hybridized carbons (Fsp3) is 0.0800. The summed E-state index contributed by atoms with van der Waals surface area (Å²) in [6.45, 7) is 0. The molecule has 1 aromatic heterocycles. The first-order valence-corrected chi connectivity index (χ1v) is 9.75. The van der Waals surface area contributed by atoms with Gasteiger partial charge < -0.3 is 4.90 Å². The number of aliphatic imine (C=N–C) groups is 1. The standard InChI is InChI=1S/C25H23N5/c1-30(2)22-15-12-19(13-16-22)18-26-29-25(27-21-9-4-3-5-10-21)24-17-14-20-8-6-7-11-23(20)28-24/h3-18H,1-2H3,(H,27,29). The van der Waals surface area contributed by atoms with E-state index < -0.39 is 0 Å². The minimum absolute atomic E-state index is 0.591. The molecule has 0 unspecified atom stereocenters. The summed E-state index contributed by atoms with van der Waals surface area (Å²) >= 11 is 0. The topological polar surface area (TPSA) is 52.9 Å². The summed E-state index contributed by atoms with van der Waals surface area (Å²) in [7, 11) is 4.04. The lowest BCUT2D eigenvalue weighted by molar-refractivity contribution is 1.02. The summed E-state index contributed by atoms with van der Waals surface area (Å²) in [5.74, 6) is 0.591. The first kappa shape index (κ1) is 19.3. The fourth-order valence-electron chi connectivity index (χ4n) is 3.00. The van der Waals surface area contributed by atoms with Gasteiger partial charge in [-0.2, -0.15) is 5.10 Å². The van der Waals surface area contributed by atoms with E-state index in [9.17, 15) is 0 Å². The van der Waals surface area contributed by atoms with Gasteiger partial charge >= 0.3 is 0 Å². The molecule has 1 heterocycles. The van der Waals surface area contributed by atoms with Crippen LogP contribution in [0.3, 0.4) is 0 Å². The molecule has 0 bridgehead atoms. The van der Waals surface area contributed by atoms with Crippen LogP contribution in [0.15, 0.2) is 101 Å². The van der Waals surface area contributed by atoms with Gasteiger partial charge in [0, 0.05) is 25.2 Å². The van der Waals surface area contributed by atoms with E-state index in [1.807, 2.05) is 93.0 Å². The molecular weight excluding hydrogens is 370 g/mol. The van der Waals surface area contributed by atoms with Gasteiger partial charge in [0.25, 0.3) is 0 Å². The number of aromatic nitrogens is 1. The van der Waals surface area contributed by atoms with Crippen molar-refractivity contribution in [2.45, 2.75) is 0 Å². The minimum atomic E-state index is 0.591. The van der Waals surface area contributed by atoms with Gasteiger partial charge in [0.2, 0.25) is 0 Å². The van der Waals surface area contributed by atoms with Crippen LogP contribution in [-0.2, 0) is 0 Å². The van der Waals surface area contributed by atoms with E-state index in [1.54, 1.807) is 6.21 Å². The van der Waals surface area contributed by atoms with Crippen molar-refractivity contribution in [2.75, 3.05) is 19.0 Å². The molecule has 148 valence electrons. The molecule has 30 heavy (non-hydrogen) atoms. The molecule has 0 aliphatic heterocycles. The van der Waals surface area contributed by atoms with Gasteiger partial charge in [-0.15, -0.1) is 0 Å². The monoisotopic (exact) mass is 393 g/mol. The molecule has 0 aliphatic carbocycles. The van der Waals surface area contributed by atoms with Crippen LogP contribution in [0.2, 0.25) is 0 Å². The van der Waals surface area contributed by atoms with E-state index in [4.69, 9.17) is 9.98 Å². The third-order valence-electron chi connectivity index (χ3n) is 4.63. The van der Waals surface area contributed by atoms with Crippen LogP contribution in [0.25, 0.3) is 10.9 Å². The third-order valence-corrected chi connectivity index (χ3v) is 4.63. The predicted octanol–water partition coefficient (Wildman–Crippen LogP) is 5.00. The molecule has 0 amide bonds. The lowest BCUT2D eigenvalue weighted by Crippen LogP contribution is -2.20. The van der Waals surface area contributed by atoms with Crippen LogP contribution < -0.4 is 10.3 Å². The summed E-state index contributed by atoms with van der Waals surface area (Å²) in [5, 5.41) is 5.50. The number of fused-ring (bicyclic) bond motifs is 1. The number of benzene rings is 3. The number of para-hydroxylation sites is 2. The van der Waals surface area contributed by atoms with E-state index >= 15 is 0 Å². The smallest absolute Gasteiger partial charge is 0.173 e. The summed E-state index contributed by atoms with van der Waals surface area (Å²) in [6.07, 6.45) is 1.78. The van der Waals surface area contributed by atoms with Crippen LogP contribution in [0.4, 0.5) is 11.4 Å². The van der Waals surface area contributed by atoms with Crippen molar-refractivity contribution in [3.63, 3.8) is 0 Å². The van der Waals surface area contributed by atoms with Gasteiger partial charge in [-0.05, 0) is 42.0 Å². The molecule has 5 nitrogen and oxygen atoms in total. The lowest BCUT2D eigenvalue weighted by Gasteiger charge is -2.11. The first-order valence-electron chi connectivity index (χ1n) is 9.75. The number of amidine groups is 1. The van der Waals surface area contributed by atoms with Crippen molar-refractivity contribution in [2.24, 2.45) is 10.1 Å². The Kier molecular flexibility index (Phi) is 5.80. The zero-order chi connectivity index (χ0) is 20.8. The molecule has 5 heteroatoms. The van der Waals surface area contributed by atoms with Gasteiger partial charge in [0.1, 0.15) is 5.69 Å². The molecule has 0 saturated heterocycles. The van der Waals surface area contributed by atoms with Crippen molar-refractivity contribution in [1.29, 1.82) is 0 Å². The number of hydrogen-bond donors (Lipinski definition) is 1. The molecule has 0 aliphatic rings. The van der Waals surface area contributed by atoms with Crippen LogP contribution in [0.5, 0.6) is 0 Å². The Morgan fingerprint density at radius 2 is 1.57 bits per heavy atom. The first-order chi connectivity index (χ1) is 14.7. The van der Waals surface area contributed by atoms with Crippen LogP contribution in [0, 0.1) is 0 Å². The molecule has 3 aromatic carbocycles. The average molecular weight is 393 g/mol. The quantitative estimate of drug-likeness (QED) is 0.295. The highest BCUT2D eigenvalue weighted by molar-refractivity contribution is 6.00. The number of nitrogens with zero attached hydrogens (tertiary/aromatic N) is 4. The Hall–Kier alpha value is -3.99. The Labute approximate surface area is 176 Å². The summed E-state index contributed by atoms with van der Waals surface area (Å²) in [5.41, 5.74) is 7.71. The number of hydrogen-bond acceptors (Lipinski definition) is 4. The molecular formula is C25H23N5. The van der Waals surface area contributed by atoms with Crippen LogP contribution in [-0.4, -0.2) is 31.1 Å². The Morgan fingerprint density at radius 3 is 2.33 bits per heavy atom. The highest BCUT2D eigenvalue weighted by Crippen LogP contribution is 2.15. The number of anilines is 1. The van der Waals surface area contributed by atoms with Crippen molar-refractivity contribution in [3.05, 3.63) is 102 Å². The van der Waals surface area contributed by atoms with Gasteiger partial charge in [0.15, 0.2) is 5.84 Å². The maximum absolute atomic E-state index is 4.76. The molecule has 0 fully saturated rings. The SMILES string of the molecule is CN(C)c1ccc(C=NNC(=Nc2ccccc2)c2ccc3ccccc3n2)cc1. The van der Waals surface area contributed by atoms with Gasteiger partial charge in [-0.1, -0.05) is 54.6 Å². The van der Waals surface area contributed by atoms with E-state index in [2.05, 4.69) is 27.6 Å². The molecule has 0 atom stereocenters. The summed E-state index contributed by atoms with van der Waals surface area (Å²) < 4.78 is 0. The van der Waals surface area contributed by atoms with Gasteiger partial charge in [-0.25, -0.2) is 9.98 Å². The fourth-order valence-corrected chi connectivity index (χ4v) is 3.00. The second-order valence-electron chi connectivity index (χ2n) is 7.04. The predicted molar refractivity (Wildman–Crippen MR) is 126 cm³/mol. The number of nitrogens with one attached hydrogen (secondary N) is 1. The molecule has 1 N–H and O–H groups in total. The summed E-state index contributed by atoms with van der Waals surface area (Å²) in [4.78, 5) is 11.5. The highest BCUT2D eigenvalue weighted by Gasteiger charge is 2.06. The highest BCUT2D eigenvalue weighted by atomic mass is 15.3. The van der Waals surface area contributed by atoms with Gasteiger partial charge in [0.05, 0.1) is 17.4 Å². The van der Waals surface area contributed by atoms with Gasteiger partial charge in [-0.3, -0.25) is 5.43 Å². The molecule has 0 spiro atoms. The largest absolute Gasteiger partial charge is 0.378 e. The number of rotatable bonds is 5. The maximum Gasteiger partial charge on any atom is 0.173 e. The molecule has 4 aromatic rings. The van der Waals surface area contributed by atoms with Crippen molar-refractivity contribution < 1.29 is 0 Å². The second kappa shape index (κ2) is 9.01. The normalized spacial score (nSPS) is 11.7. The van der Waals surface area contributed by atoms with E-state index in [-0.39, 0.29) is 0 Å². The van der Waals surface area contributed by atoms with Crippen molar-refractivity contribution in [1.82, 2.24) is 10.4 Å². The van der Waals surface area contributed by atoms with Crippen LogP contribution >= 0.6 is 0 Å². The van der Waals surface area contributed by atoms with Crippen molar-refractivity contribution >= 4 is 34.3 Å². The Balaban J connectivity index is 1.62. The van der Waals surface area contributed by atoms with E-state index in [1.165, 1.54) is 0 Å². The zero-order valence-corrected chi connectivity index (χ0v) is 17.0. The maximum atomic E-state index is 4.76. The number of pyridine rings is 1. The molecule has 0 saturated carbocycles. The number of hydrazone groups is 1. The minimum Gasteiger partial charge on any atom is -0.378 e. The Bertz CT molecular complexity index is 1180. The second-order valence-corrected chi connectivity index (χ2v) is 7.04. The Morgan fingerprint density at radius 1 is 0.833 bits per heavy atom. The molecule has 4 rings (SSSR count). The van der Waals surface area contributed by atoms with E-state index in [0.29, 0.717) is 5.84 Å². The lowest BCUT2D eigenvalue weighted by atomic mass is 10.2. The van der Waals surface area contributed by atoms with Crippen molar-refractivity contribution in [3.8, 4) is 0 Å². The van der Waals surface area contributed by atoms with E-state index in [0.717, 1.165) is 33.5 Å². The van der Waals surface area contributed by atoms with Crippen LogP contribution in [0.1, 0.15) is 11.3 Å². The average Bonchev–Trinajstić information content (AvgIpc) is 2.79. The molecule has 0 radical (unpaired) electrons. The zero-order valence-electron chi connectivity index (χ0n) is 17.0. The summed E-state index contributed by atoms with van der Waals surface area (Å²) in [6, 6.07) is 30.0. The third kappa shape index (κ3) is 4.70.